The van der Waals surface area contributed by atoms with Crippen molar-refractivity contribution >= 4 is 34.6 Å². The maximum absolute atomic E-state index is 13.1. The Morgan fingerprint density at radius 1 is 1.33 bits per heavy atom. The molecule has 1 N–H and O–H groups in total. The van der Waals surface area contributed by atoms with Gasteiger partial charge < -0.3 is 9.55 Å². The van der Waals surface area contributed by atoms with Gasteiger partial charge in [0.1, 0.15) is 5.82 Å². The topological polar surface area (TPSA) is 20.7 Å². The molecule has 2 nitrogen and oxygen atoms in total. The molecule has 3 rings (SSSR count). The van der Waals surface area contributed by atoms with E-state index in [1.807, 2.05) is 4.57 Å². The minimum atomic E-state index is -0.247. The van der Waals surface area contributed by atoms with Gasteiger partial charge in [0.25, 0.3) is 0 Å². The molecule has 0 fully saturated rings. The van der Waals surface area contributed by atoms with Crippen LogP contribution in [-0.4, -0.2) is 9.55 Å². The lowest BCUT2D eigenvalue weighted by Gasteiger charge is -2.03. The lowest BCUT2D eigenvalue weighted by Crippen LogP contribution is -2.00. The standard InChI is InChI=1S/C13H11FN2S2/c14-10-1-2-12-11(7-10)15-13(17)16(12)5-3-9-4-6-18-8-9/h1-2,4,6-8H,3,5H2,(H,15,17). The second-order valence-electron chi connectivity index (χ2n) is 4.12. The van der Waals surface area contributed by atoms with E-state index >= 15 is 0 Å². The van der Waals surface area contributed by atoms with Gasteiger partial charge in [0, 0.05) is 6.54 Å². The van der Waals surface area contributed by atoms with Crippen LogP contribution in [0.5, 0.6) is 0 Å². The van der Waals surface area contributed by atoms with Gasteiger partial charge in [0.2, 0.25) is 0 Å². The molecule has 0 atom stereocenters. The van der Waals surface area contributed by atoms with Crippen LogP contribution in [-0.2, 0) is 13.0 Å². The van der Waals surface area contributed by atoms with E-state index in [-0.39, 0.29) is 5.82 Å². The number of halogens is 1. The molecule has 0 aliphatic rings. The molecule has 18 heavy (non-hydrogen) atoms. The quantitative estimate of drug-likeness (QED) is 0.714. The van der Waals surface area contributed by atoms with Crippen LogP contribution in [0, 0.1) is 10.6 Å². The summed E-state index contributed by atoms with van der Waals surface area (Å²) < 4.78 is 15.8. The van der Waals surface area contributed by atoms with E-state index in [0.29, 0.717) is 4.77 Å². The first-order chi connectivity index (χ1) is 8.74. The fourth-order valence-corrected chi connectivity index (χ4v) is 3.04. The van der Waals surface area contributed by atoms with Gasteiger partial charge in [-0.3, -0.25) is 0 Å². The van der Waals surface area contributed by atoms with Crippen LogP contribution in [0.4, 0.5) is 4.39 Å². The van der Waals surface area contributed by atoms with Gasteiger partial charge in [-0.1, -0.05) is 0 Å². The summed E-state index contributed by atoms with van der Waals surface area (Å²) in [5.41, 5.74) is 3.01. The van der Waals surface area contributed by atoms with Crippen LogP contribution in [0.2, 0.25) is 0 Å². The first-order valence-electron chi connectivity index (χ1n) is 5.63. The fraction of sp³-hybridized carbons (Fsp3) is 0.154. The number of thiophene rings is 1. The van der Waals surface area contributed by atoms with Crippen molar-refractivity contribution in [3.05, 3.63) is 51.2 Å². The number of hydrogen-bond donors (Lipinski definition) is 1. The minimum absolute atomic E-state index is 0.247. The number of fused-ring (bicyclic) bond motifs is 1. The number of nitrogens with one attached hydrogen (secondary N) is 1. The van der Waals surface area contributed by atoms with Crippen molar-refractivity contribution in [2.75, 3.05) is 0 Å². The van der Waals surface area contributed by atoms with Gasteiger partial charge in [-0.25, -0.2) is 4.39 Å². The maximum atomic E-state index is 13.1. The van der Waals surface area contributed by atoms with Crippen molar-refractivity contribution in [3.8, 4) is 0 Å². The van der Waals surface area contributed by atoms with E-state index in [4.69, 9.17) is 12.2 Å². The van der Waals surface area contributed by atoms with Crippen LogP contribution in [0.1, 0.15) is 5.56 Å². The molecule has 5 heteroatoms. The van der Waals surface area contributed by atoms with E-state index in [1.54, 1.807) is 17.4 Å². The molecule has 0 bridgehead atoms. The van der Waals surface area contributed by atoms with E-state index < -0.39 is 0 Å². The molecule has 0 saturated carbocycles. The van der Waals surface area contributed by atoms with Crippen LogP contribution in [0.15, 0.2) is 35.0 Å². The number of H-pyrrole nitrogens is 1. The number of imidazole rings is 1. The van der Waals surface area contributed by atoms with Crippen LogP contribution >= 0.6 is 23.6 Å². The average molecular weight is 278 g/mol. The lowest BCUT2D eigenvalue weighted by molar-refractivity contribution is 0.629. The third kappa shape index (κ3) is 2.11. The van der Waals surface area contributed by atoms with E-state index in [1.165, 1.54) is 17.7 Å². The molecule has 92 valence electrons. The Hall–Kier alpha value is -1.46. The van der Waals surface area contributed by atoms with Crippen molar-refractivity contribution in [2.45, 2.75) is 13.0 Å². The average Bonchev–Trinajstić information content (AvgIpc) is 2.93. The molecule has 0 unspecified atom stereocenters. The summed E-state index contributed by atoms with van der Waals surface area (Å²) in [6, 6.07) is 6.83. The molecule has 0 radical (unpaired) electrons. The Morgan fingerprint density at radius 3 is 3.00 bits per heavy atom. The largest absolute Gasteiger partial charge is 0.330 e. The summed E-state index contributed by atoms with van der Waals surface area (Å²) in [6.07, 6.45) is 0.933. The number of benzene rings is 1. The molecule has 3 aromatic rings. The van der Waals surface area contributed by atoms with Crippen molar-refractivity contribution in [3.63, 3.8) is 0 Å². The number of nitrogens with zero attached hydrogens (tertiary/aromatic N) is 1. The van der Waals surface area contributed by atoms with Crippen molar-refractivity contribution in [2.24, 2.45) is 0 Å². The number of rotatable bonds is 3. The molecule has 2 heterocycles. The first kappa shape index (κ1) is 11.6. The molecule has 1 aromatic carbocycles. The highest BCUT2D eigenvalue weighted by molar-refractivity contribution is 7.71. The zero-order valence-corrected chi connectivity index (χ0v) is 11.2. The van der Waals surface area contributed by atoms with Gasteiger partial charge in [0.05, 0.1) is 11.0 Å². The Bertz CT molecular complexity index is 725. The summed E-state index contributed by atoms with van der Waals surface area (Å²) in [7, 11) is 0. The molecule has 0 aliphatic carbocycles. The highest BCUT2D eigenvalue weighted by Gasteiger charge is 2.05. The predicted octanol–water partition coefficient (Wildman–Crippen LogP) is 4.14. The Labute approximate surface area is 113 Å². The van der Waals surface area contributed by atoms with Crippen LogP contribution in [0.25, 0.3) is 11.0 Å². The van der Waals surface area contributed by atoms with Gasteiger partial charge in [-0.2, -0.15) is 11.3 Å². The third-order valence-corrected chi connectivity index (χ3v) is 3.99. The maximum Gasteiger partial charge on any atom is 0.178 e. The number of aryl methyl sites for hydroxylation is 2. The summed E-state index contributed by atoms with van der Waals surface area (Å²) in [6.45, 7) is 0.807. The number of hydrogen-bond acceptors (Lipinski definition) is 2. The van der Waals surface area contributed by atoms with E-state index in [0.717, 1.165) is 24.0 Å². The molecule has 0 amide bonds. The van der Waals surface area contributed by atoms with Gasteiger partial charge >= 0.3 is 0 Å². The van der Waals surface area contributed by atoms with E-state index in [2.05, 4.69) is 21.8 Å². The molecule has 2 aromatic heterocycles. The minimum Gasteiger partial charge on any atom is -0.330 e. The molecule has 0 aliphatic heterocycles. The second-order valence-corrected chi connectivity index (χ2v) is 5.29. The van der Waals surface area contributed by atoms with Gasteiger partial charge in [-0.05, 0) is 59.2 Å². The van der Waals surface area contributed by atoms with Crippen molar-refractivity contribution in [1.82, 2.24) is 9.55 Å². The van der Waals surface area contributed by atoms with Crippen LogP contribution in [0.3, 0.4) is 0 Å². The smallest absolute Gasteiger partial charge is 0.178 e. The summed E-state index contributed by atoms with van der Waals surface area (Å²) in [4.78, 5) is 3.04. The Kier molecular flexibility index (Phi) is 3.01. The zero-order valence-electron chi connectivity index (χ0n) is 9.52. The second kappa shape index (κ2) is 4.66. The summed E-state index contributed by atoms with van der Waals surface area (Å²) in [5.74, 6) is -0.247. The zero-order chi connectivity index (χ0) is 12.5. The molecule has 0 spiro atoms. The predicted molar refractivity (Wildman–Crippen MR) is 75.1 cm³/mol. The van der Waals surface area contributed by atoms with Crippen molar-refractivity contribution in [1.29, 1.82) is 0 Å². The highest BCUT2D eigenvalue weighted by atomic mass is 32.1. The number of aromatic nitrogens is 2. The number of aromatic amines is 1. The summed E-state index contributed by atoms with van der Waals surface area (Å²) >= 11 is 6.97. The molecular weight excluding hydrogens is 267 g/mol. The normalized spacial score (nSPS) is 11.2. The van der Waals surface area contributed by atoms with Gasteiger partial charge in [-0.15, -0.1) is 0 Å². The Morgan fingerprint density at radius 2 is 2.22 bits per heavy atom. The van der Waals surface area contributed by atoms with Crippen LogP contribution < -0.4 is 0 Å². The highest BCUT2D eigenvalue weighted by Crippen LogP contribution is 2.17. The monoisotopic (exact) mass is 278 g/mol. The SMILES string of the molecule is Fc1ccc2c(c1)[nH]c(=S)n2CCc1ccsc1. The Balaban J connectivity index is 1.96. The van der Waals surface area contributed by atoms with Gasteiger partial charge in [0.15, 0.2) is 4.77 Å². The third-order valence-electron chi connectivity index (χ3n) is 2.94. The molecular formula is C13H11FN2S2. The molecule has 0 saturated heterocycles. The lowest BCUT2D eigenvalue weighted by atomic mass is 10.2. The fourth-order valence-electron chi connectivity index (χ4n) is 2.03. The van der Waals surface area contributed by atoms with Crippen molar-refractivity contribution < 1.29 is 4.39 Å². The van der Waals surface area contributed by atoms with E-state index in [9.17, 15) is 4.39 Å². The first-order valence-corrected chi connectivity index (χ1v) is 6.98. The summed E-state index contributed by atoms with van der Waals surface area (Å²) in [5, 5.41) is 4.21.